The Balaban J connectivity index is 2.09. The molecular weight excluding hydrogens is 290 g/mol. The van der Waals surface area contributed by atoms with E-state index in [0.717, 1.165) is 42.3 Å². The van der Waals surface area contributed by atoms with E-state index in [1.807, 2.05) is 26.2 Å². The Bertz CT molecular complexity index is 717. The quantitative estimate of drug-likeness (QED) is 0.933. The molecule has 122 valence electrons. The minimum Gasteiger partial charge on any atom is -0.378 e. The maximum Gasteiger partial charge on any atom is 0.269 e. The van der Waals surface area contributed by atoms with E-state index >= 15 is 0 Å². The van der Waals surface area contributed by atoms with Crippen LogP contribution in [-0.2, 0) is 13.1 Å². The molecule has 0 saturated carbocycles. The number of nitrogens with zero attached hydrogens (tertiary/aromatic N) is 4. The fourth-order valence-corrected chi connectivity index (χ4v) is 3.05. The monoisotopic (exact) mass is 313 g/mol. The number of amides is 1. The Hall–Kier alpha value is -2.34. The standard InChI is InChI=1S/C17H23N5O/c1-20(2)13-7-5-12(6-8-13)17-19-15(16(18)23)14-11-21(3)9-4-10-22(14)17/h5-8H,4,9-11H2,1-3H3,(H2,18,23). The summed E-state index contributed by atoms with van der Waals surface area (Å²) in [6.07, 6.45) is 1.03. The Labute approximate surface area is 136 Å². The third-order valence-electron chi connectivity index (χ3n) is 4.29. The minimum absolute atomic E-state index is 0.394. The summed E-state index contributed by atoms with van der Waals surface area (Å²) < 4.78 is 2.15. The number of fused-ring (bicyclic) bond motifs is 1. The van der Waals surface area contributed by atoms with Crippen molar-refractivity contribution in [2.24, 2.45) is 5.73 Å². The van der Waals surface area contributed by atoms with E-state index in [1.54, 1.807) is 0 Å². The fourth-order valence-electron chi connectivity index (χ4n) is 3.05. The van der Waals surface area contributed by atoms with Gasteiger partial charge in [-0.05, 0) is 44.3 Å². The molecular formula is C17H23N5O. The molecule has 1 aromatic heterocycles. The van der Waals surface area contributed by atoms with Crippen molar-refractivity contribution in [3.63, 3.8) is 0 Å². The van der Waals surface area contributed by atoms with Crippen LogP contribution in [-0.4, -0.2) is 48.0 Å². The van der Waals surface area contributed by atoms with Gasteiger partial charge in [-0.15, -0.1) is 0 Å². The first-order valence-electron chi connectivity index (χ1n) is 7.83. The Morgan fingerprint density at radius 3 is 2.52 bits per heavy atom. The highest BCUT2D eigenvalue weighted by molar-refractivity contribution is 5.93. The number of carbonyl (C=O) groups excluding carboxylic acids is 1. The lowest BCUT2D eigenvalue weighted by Crippen LogP contribution is -2.21. The first kappa shape index (κ1) is 15.6. The van der Waals surface area contributed by atoms with Crippen LogP contribution in [0, 0.1) is 0 Å². The van der Waals surface area contributed by atoms with Gasteiger partial charge in [0.2, 0.25) is 0 Å². The van der Waals surface area contributed by atoms with Crippen molar-refractivity contribution in [3.8, 4) is 11.4 Å². The molecule has 2 aromatic rings. The zero-order chi connectivity index (χ0) is 16.6. The predicted octanol–water partition coefficient (Wildman–Crippen LogP) is 1.55. The zero-order valence-electron chi connectivity index (χ0n) is 13.9. The van der Waals surface area contributed by atoms with E-state index in [9.17, 15) is 4.79 Å². The Morgan fingerprint density at radius 1 is 1.22 bits per heavy atom. The summed E-state index contributed by atoms with van der Waals surface area (Å²) in [5.41, 5.74) is 9.00. The summed E-state index contributed by atoms with van der Waals surface area (Å²) in [6, 6.07) is 8.21. The van der Waals surface area contributed by atoms with Crippen molar-refractivity contribution in [2.75, 3.05) is 32.6 Å². The van der Waals surface area contributed by atoms with Crippen molar-refractivity contribution in [2.45, 2.75) is 19.5 Å². The number of rotatable bonds is 3. The lowest BCUT2D eigenvalue weighted by atomic mass is 10.2. The van der Waals surface area contributed by atoms with Crippen LogP contribution in [0.1, 0.15) is 22.6 Å². The zero-order valence-corrected chi connectivity index (χ0v) is 13.9. The topological polar surface area (TPSA) is 67.4 Å². The Morgan fingerprint density at radius 2 is 1.91 bits per heavy atom. The van der Waals surface area contributed by atoms with Crippen LogP contribution in [0.25, 0.3) is 11.4 Å². The van der Waals surface area contributed by atoms with Crippen molar-refractivity contribution in [3.05, 3.63) is 35.7 Å². The number of benzene rings is 1. The third-order valence-corrected chi connectivity index (χ3v) is 4.29. The highest BCUT2D eigenvalue weighted by Crippen LogP contribution is 2.27. The highest BCUT2D eigenvalue weighted by atomic mass is 16.1. The second kappa shape index (κ2) is 6.04. The van der Waals surface area contributed by atoms with Crippen molar-refractivity contribution < 1.29 is 4.79 Å². The molecule has 1 aromatic carbocycles. The second-order valence-electron chi connectivity index (χ2n) is 6.28. The molecule has 23 heavy (non-hydrogen) atoms. The summed E-state index contributed by atoms with van der Waals surface area (Å²) in [5, 5.41) is 0. The highest BCUT2D eigenvalue weighted by Gasteiger charge is 2.24. The molecule has 1 aliphatic rings. The summed E-state index contributed by atoms with van der Waals surface area (Å²) in [5.74, 6) is 0.370. The van der Waals surface area contributed by atoms with Gasteiger partial charge in [0.1, 0.15) is 5.82 Å². The van der Waals surface area contributed by atoms with Gasteiger partial charge in [0.15, 0.2) is 5.69 Å². The van der Waals surface area contributed by atoms with Crippen molar-refractivity contribution in [1.29, 1.82) is 0 Å². The van der Waals surface area contributed by atoms with Gasteiger partial charge in [0, 0.05) is 38.4 Å². The van der Waals surface area contributed by atoms with E-state index in [-0.39, 0.29) is 0 Å². The van der Waals surface area contributed by atoms with Crippen LogP contribution in [0.4, 0.5) is 5.69 Å². The smallest absolute Gasteiger partial charge is 0.269 e. The number of primary amides is 1. The lowest BCUT2D eigenvalue weighted by Gasteiger charge is -2.13. The van der Waals surface area contributed by atoms with Crippen LogP contribution in [0.2, 0.25) is 0 Å². The number of imidazole rings is 1. The molecule has 0 bridgehead atoms. The molecule has 3 rings (SSSR count). The molecule has 2 N–H and O–H groups in total. The van der Waals surface area contributed by atoms with Crippen molar-refractivity contribution >= 4 is 11.6 Å². The first-order valence-corrected chi connectivity index (χ1v) is 7.83. The number of anilines is 1. The van der Waals surface area contributed by atoms with E-state index in [1.165, 1.54) is 0 Å². The number of hydrogen-bond donors (Lipinski definition) is 1. The fraction of sp³-hybridized carbons (Fsp3) is 0.412. The molecule has 0 aliphatic carbocycles. The van der Waals surface area contributed by atoms with Gasteiger partial charge in [-0.3, -0.25) is 4.79 Å². The van der Waals surface area contributed by atoms with E-state index < -0.39 is 5.91 Å². The maximum atomic E-state index is 11.8. The first-order chi connectivity index (χ1) is 11.0. The average Bonchev–Trinajstić information content (AvgIpc) is 2.75. The van der Waals surface area contributed by atoms with Gasteiger partial charge in [0.05, 0.1) is 5.69 Å². The predicted molar refractivity (Wildman–Crippen MR) is 91.5 cm³/mol. The number of aromatic nitrogens is 2. The van der Waals surface area contributed by atoms with E-state index in [4.69, 9.17) is 5.73 Å². The lowest BCUT2D eigenvalue weighted by molar-refractivity contribution is 0.0994. The van der Waals surface area contributed by atoms with E-state index in [2.05, 4.69) is 38.5 Å². The summed E-state index contributed by atoms with van der Waals surface area (Å²) in [7, 11) is 6.08. The molecule has 0 radical (unpaired) electrons. The minimum atomic E-state index is -0.458. The summed E-state index contributed by atoms with van der Waals surface area (Å²) in [4.78, 5) is 20.6. The van der Waals surface area contributed by atoms with Crippen LogP contribution in [0.15, 0.2) is 24.3 Å². The number of nitrogens with two attached hydrogens (primary N) is 1. The molecule has 0 fully saturated rings. The third kappa shape index (κ3) is 2.94. The van der Waals surface area contributed by atoms with Crippen LogP contribution < -0.4 is 10.6 Å². The van der Waals surface area contributed by atoms with Gasteiger partial charge < -0.3 is 20.1 Å². The van der Waals surface area contributed by atoms with Crippen LogP contribution in [0.3, 0.4) is 0 Å². The summed E-state index contributed by atoms with van der Waals surface area (Å²) >= 11 is 0. The van der Waals surface area contributed by atoms with E-state index in [0.29, 0.717) is 12.2 Å². The molecule has 0 unspecified atom stereocenters. The number of hydrogen-bond acceptors (Lipinski definition) is 4. The van der Waals surface area contributed by atoms with Gasteiger partial charge in [-0.1, -0.05) is 0 Å². The molecule has 1 aliphatic heterocycles. The molecule has 1 amide bonds. The Kier molecular flexibility index (Phi) is 4.09. The normalized spacial score (nSPS) is 15.1. The van der Waals surface area contributed by atoms with Gasteiger partial charge in [0.25, 0.3) is 5.91 Å². The maximum absolute atomic E-state index is 11.8. The summed E-state index contributed by atoms with van der Waals surface area (Å²) in [6.45, 7) is 2.55. The SMILES string of the molecule is CN1CCCn2c(-c3ccc(N(C)C)cc3)nc(C(N)=O)c2C1. The molecule has 2 heterocycles. The van der Waals surface area contributed by atoms with Gasteiger partial charge in [-0.25, -0.2) is 4.98 Å². The molecule has 0 atom stereocenters. The molecule has 0 saturated heterocycles. The van der Waals surface area contributed by atoms with Crippen molar-refractivity contribution in [1.82, 2.24) is 14.5 Å². The molecule has 0 spiro atoms. The molecule has 6 heteroatoms. The average molecular weight is 313 g/mol. The van der Waals surface area contributed by atoms with Crippen LogP contribution >= 0.6 is 0 Å². The van der Waals surface area contributed by atoms with Gasteiger partial charge in [-0.2, -0.15) is 0 Å². The second-order valence-corrected chi connectivity index (χ2v) is 6.28. The van der Waals surface area contributed by atoms with Crippen LogP contribution in [0.5, 0.6) is 0 Å². The largest absolute Gasteiger partial charge is 0.378 e. The van der Waals surface area contributed by atoms with Gasteiger partial charge >= 0.3 is 0 Å². The molecule has 6 nitrogen and oxygen atoms in total. The number of carbonyl (C=O) groups is 1.